The number of ether oxygens (including phenoxy) is 1. The molecule has 2 amide bonds. The van der Waals surface area contributed by atoms with Crippen molar-refractivity contribution < 1.29 is 14.3 Å². The van der Waals surface area contributed by atoms with Crippen LogP contribution in [0.5, 0.6) is 0 Å². The monoisotopic (exact) mass is 452 g/mol. The minimum atomic E-state index is -0.310. The van der Waals surface area contributed by atoms with Gasteiger partial charge in [-0.3, -0.25) is 9.36 Å². The third-order valence-corrected chi connectivity index (χ3v) is 5.67. The number of carbonyl (C=O) groups is 2. The van der Waals surface area contributed by atoms with Crippen molar-refractivity contribution in [2.45, 2.75) is 12.1 Å². The summed E-state index contributed by atoms with van der Waals surface area (Å²) in [6, 6.07) is 7.93. The molecule has 1 saturated heterocycles. The van der Waals surface area contributed by atoms with Gasteiger partial charge in [-0.25, -0.2) is 9.78 Å². The van der Waals surface area contributed by atoms with Crippen molar-refractivity contribution in [2.24, 2.45) is 0 Å². The largest absolute Gasteiger partial charge is 0.450 e. The molecular weight excluding hydrogens is 432 g/mol. The van der Waals surface area contributed by atoms with E-state index in [9.17, 15) is 9.59 Å². The maximum absolute atomic E-state index is 12.5. The van der Waals surface area contributed by atoms with Gasteiger partial charge < -0.3 is 14.5 Å². The molecule has 7 nitrogen and oxygen atoms in total. The van der Waals surface area contributed by atoms with Crippen LogP contribution in [-0.4, -0.2) is 69.9 Å². The molecule has 2 heterocycles. The molecule has 2 aromatic rings. The number of rotatable bonds is 5. The molecular formula is C18H21BrN4O3S. The normalized spacial score (nSPS) is 14.3. The van der Waals surface area contributed by atoms with Crippen molar-refractivity contribution >= 4 is 39.7 Å². The fourth-order valence-corrected chi connectivity index (χ4v) is 3.91. The van der Waals surface area contributed by atoms with Crippen molar-refractivity contribution in [3.8, 4) is 5.69 Å². The van der Waals surface area contributed by atoms with E-state index in [-0.39, 0.29) is 12.0 Å². The second kappa shape index (κ2) is 9.27. The molecule has 1 aliphatic heterocycles. The summed E-state index contributed by atoms with van der Waals surface area (Å²) >= 11 is 4.84. The van der Waals surface area contributed by atoms with E-state index in [0.29, 0.717) is 38.5 Å². The van der Waals surface area contributed by atoms with Gasteiger partial charge in [0.1, 0.15) is 0 Å². The minimum Gasteiger partial charge on any atom is -0.450 e. The van der Waals surface area contributed by atoms with E-state index in [1.807, 2.05) is 35.0 Å². The van der Waals surface area contributed by atoms with Gasteiger partial charge in [0.15, 0.2) is 5.16 Å². The highest BCUT2D eigenvalue weighted by molar-refractivity contribution is 9.10. The Morgan fingerprint density at radius 1 is 1.15 bits per heavy atom. The topological polar surface area (TPSA) is 67.7 Å². The second-order valence-corrected chi connectivity index (χ2v) is 7.77. The molecule has 3 rings (SSSR count). The van der Waals surface area contributed by atoms with Crippen LogP contribution in [0.2, 0.25) is 0 Å². The molecule has 0 unspecified atom stereocenters. The third kappa shape index (κ3) is 5.04. The zero-order chi connectivity index (χ0) is 19.2. The zero-order valence-corrected chi connectivity index (χ0v) is 17.4. The number of aromatic nitrogens is 2. The summed E-state index contributed by atoms with van der Waals surface area (Å²) in [6.07, 6.45) is 3.30. The minimum absolute atomic E-state index is 0.0499. The lowest BCUT2D eigenvalue weighted by Gasteiger charge is -2.34. The quantitative estimate of drug-likeness (QED) is 0.652. The summed E-state index contributed by atoms with van der Waals surface area (Å²) < 4.78 is 7.97. The zero-order valence-electron chi connectivity index (χ0n) is 15.0. The van der Waals surface area contributed by atoms with E-state index in [1.54, 1.807) is 22.9 Å². The fraction of sp³-hybridized carbons (Fsp3) is 0.389. The van der Waals surface area contributed by atoms with E-state index in [1.165, 1.54) is 11.8 Å². The highest BCUT2D eigenvalue weighted by Gasteiger charge is 2.25. The Balaban J connectivity index is 1.53. The highest BCUT2D eigenvalue weighted by Crippen LogP contribution is 2.22. The Bertz CT molecular complexity index is 788. The highest BCUT2D eigenvalue weighted by atomic mass is 79.9. The van der Waals surface area contributed by atoms with E-state index >= 15 is 0 Å². The second-order valence-electron chi connectivity index (χ2n) is 5.91. The molecule has 0 radical (unpaired) electrons. The van der Waals surface area contributed by atoms with Gasteiger partial charge in [-0.1, -0.05) is 27.7 Å². The van der Waals surface area contributed by atoms with E-state index in [0.717, 1.165) is 15.3 Å². The SMILES string of the molecule is CCOC(=O)N1CCN(C(=O)CSc2nccn2-c2ccc(Br)cc2)CC1. The van der Waals surface area contributed by atoms with Gasteiger partial charge >= 0.3 is 6.09 Å². The van der Waals surface area contributed by atoms with Crippen LogP contribution in [0.1, 0.15) is 6.92 Å². The van der Waals surface area contributed by atoms with Gasteiger partial charge in [0, 0.05) is 48.7 Å². The first-order chi connectivity index (χ1) is 13.1. The molecule has 0 atom stereocenters. The average Bonchev–Trinajstić information content (AvgIpc) is 3.15. The van der Waals surface area contributed by atoms with Crippen LogP contribution in [-0.2, 0) is 9.53 Å². The van der Waals surface area contributed by atoms with Crippen LogP contribution in [0.4, 0.5) is 4.79 Å². The average molecular weight is 453 g/mol. The number of imidazole rings is 1. The number of piperazine rings is 1. The van der Waals surface area contributed by atoms with Gasteiger partial charge in [0.25, 0.3) is 0 Å². The number of thioether (sulfide) groups is 1. The maximum atomic E-state index is 12.5. The van der Waals surface area contributed by atoms with E-state index in [4.69, 9.17) is 4.74 Å². The molecule has 144 valence electrons. The lowest BCUT2D eigenvalue weighted by Crippen LogP contribution is -2.51. The number of hydrogen-bond acceptors (Lipinski definition) is 5. The predicted molar refractivity (Wildman–Crippen MR) is 107 cm³/mol. The van der Waals surface area contributed by atoms with Crippen molar-refractivity contribution in [3.05, 3.63) is 41.1 Å². The van der Waals surface area contributed by atoms with Gasteiger partial charge in [-0.2, -0.15) is 0 Å². The number of nitrogens with zero attached hydrogens (tertiary/aromatic N) is 4. The molecule has 1 aromatic carbocycles. The van der Waals surface area contributed by atoms with Crippen LogP contribution in [0, 0.1) is 0 Å². The van der Waals surface area contributed by atoms with E-state index in [2.05, 4.69) is 20.9 Å². The number of benzene rings is 1. The fourth-order valence-electron chi connectivity index (χ4n) is 2.77. The van der Waals surface area contributed by atoms with Crippen LogP contribution in [0.25, 0.3) is 5.69 Å². The summed E-state index contributed by atoms with van der Waals surface area (Å²) in [5.41, 5.74) is 0.994. The standard InChI is InChI=1S/C18H21BrN4O3S/c1-2-26-18(25)22-11-9-21(10-12-22)16(24)13-27-17-20-7-8-23(17)15-5-3-14(19)4-6-15/h3-8H,2,9-13H2,1H3. The molecule has 0 spiro atoms. The lowest BCUT2D eigenvalue weighted by molar-refractivity contribution is -0.129. The number of carbonyl (C=O) groups excluding carboxylic acids is 2. The number of hydrogen-bond donors (Lipinski definition) is 0. The van der Waals surface area contributed by atoms with Crippen LogP contribution < -0.4 is 0 Å². The van der Waals surface area contributed by atoms with Crippen molar-refractivity contribution in [1.82, 2.24) is 19.4 Å². The van der Waals surface area contributed by atoms with Gasteiger partial charge in [0.05, 0.1) is 12.4 Å². The molecule has 1 aromatic heterocycles. The van der Waals surface area contributed by atoms with E-state index < -0.39 is 0 Å². The summed E-state index contributed by atoms with van der Waals surface area (Å²) in [4.78, 5) is 32.0. The Hall–Kier alpha value is -2.00. The van der Waals surface area contributed by atoms with Crippen LogP contribution in [0.15, 0.2) is 46.3 Å². The number of amides is 2. The Morgan fingerprint density at radius 2 is 1.81 bits per heavy atom. The van der Waals surface area contributed by atoms with Crippen molar-refractivity contribution in [3.63, 3.8) is 0 Å². The Morgan fingerprint density at radius 3 is 2.48 bits per heavy atom. The molecule has 1 fully saturated rings. The molecule has 0 bridgehead atoms. The molecule has 0 N–H and O–H groups in total. The molecule has 0 aliphatic carbocycles. The summed E-state index contributed by atoms with van der Waals surface area (Å²) in [7, 11) is 0. The molecule has 9 heteroatoms. The lowest BCUT2D eigenvalue weighted by atomic mass is 10.3. The predicted octanol–water partition coefficient (Wildman–Crippen LogP) is 3.03. The Kier molecular flexibility index (Phi) is 6.78. The van der Waals surface area contributed by atoms with Crippen LogP contribution in [0.3, 0.4) is 0 Å². The van der Waals surface area contributed by atoms with Crippen molar-refractivity contribution in [2.75, 3.05) is 38.5 Å². The molecule has 1 aliphatic rings. The van der Waals surface area contributed by atoms with Crippen molar-refractivity contribution in [1.29, 1.82) is 0 Å². The van der Waals surface area contributed by atoms with Gasteiger partial charge in [-0.15, -0.1) is 0 Å². The van der Waals surface area contributed by atoms with Gasteiger partial charge in [0.2, 0.25) is 5.91 Å². The first-order valence-corrected chi connectivity index (χ1v) is 10.5. The molecule has 0 saturated carbocycles. The summed E-state index contributed by atoms with van der Waals surface area (Å²) in [5.74, 6) is 0.362. The molecule has 27 heavy (non-hydrogen) atoms. The smallest absolute Gasteiger partial charge is 0.409 e. The number of halogens is 1. The maximum Gasteiger partial charge on any atom is 0.409 e. The van der Waals surface area contributed by atoms with Gasteiger partial charge in [-0.05, 0) is 31.2 Å². The first-order valence-electron chi connectivity index (χ1n) is 8.70. The summed E-state index contributed by atoms with van der Waals surface area (Å²) in [5, 5.41) is 0.774. The van der Waals surface area contributed by atoms with Crippen LogP contribution >= 0.6 is 27.7 Å². The third-order valence-electron chi connectivity index (χ3n) is 4.19. The summed E-state index contributed by atoms with van der Waals surface area (Å²) in [6.45, 7) is 4.21. The first kappa shape index (κ1) is 19.8. The Labute approximate surface area is 170 Å².